The molecule has 0 spiro atoms. The van der Waals surface area contributed by atoms with Crippen molar-refractivity contribution in [1.29, 1.82) is 0 Å². The lowest BCUT2D eigenvalue weighted by Gasteiger charge is -2.32. The molecule has 2 heterocycles. The summed E-state index contributed by atoms with van der Waals surface area (Å²) in [6.07, 6.45) is 3.45. The van der Waals surface area contributed by atoms with E-state index < -0.39 is 0 Å². The molecule has 31 heavy (non-hydrogen) atoms. The Morgan fingerprint density at radius 2 is 1.68 bits per heavy atom. The zero-order valence-corrected chi connectivity index (χ0v) is 18.1. The van der Waals surface area contributed by atoms with Gasteiger partial charge in [0.15, 0.2) is 0 Å². The normalized spacial score (nSPS) is 17.2. The summed E-state index contributed by atoms with van der Waals surface area (Å²) in [5.41, 5.74) is 2.31. The van der Waals surface area contributed by atoms with Crippen molar-refractivity contribution in [2.24, 2.45) is 5.92 Å². The van der Waals surface area contributed by atoms with Gasteiger partial charge in [-0.15, -0.1) is 0 Å². The molecule has 2 aromatic carbocycles. The third kappa shape index (κ3) is 4.64. The molecule has 0 bridgehead atoms. The molecule has 7 heteroatoms. The summed E-state index contributed by atoms with van der Waals surface area (Å²) in [7, 11) is 0. The maximum atomic E-state index is 12.9. The maximum Gasteiger partial charge on any atom is 0.281 e. The second-order valence-electron chi connectivity index (χ2n) is 8.03. The minimum absolute atomic E-state index is 0.234. The number of imide groups is 1. The van der Waals surface area contributed by atoms with E-state index in [0.717, 1.165) is 31.5 Å². The molecule has 6 nitrogen and oxygen atoms in total. The van der Waals surface area contributed by atoms with Gasteiger partial charge < -0.3 is 10.2 Å². The summed E-state index contributed by atoms with van der Waals surface area (Å²) in [5.74, 6) is -0.251. The Labute approximate surface area is 186 Å². The van der Waals surface area contributed by atoms with E-state index in [2.05, 4.69) is 12.2 Å². The first kappa shape index (κ1) is 21.1. The lowest BCUT2D eigenvalue weighted by atomic mass is 9.99. The van der Waals surface area contributed by atoms with Crippen LogP contribution in [0.15, 0.2) is 60.3 Å². The van der Waals surface area contributed by atoms with Crippen LogP contribution in [0.4, 0.5) is 5.69 Å². The number of likely N-dealkylation sites (tertiary alicyclic amines) is 1. The van der Waals surface area contributed by atoms with Crippen LogP contribution >= 0.6 is 11.6 Å². The standard InChI is InChI=1S/C24H24ClN3O3/c1-16-10-12-27(13-11-16)21-14-22(29)28(24(21)31)20-8-4-18(5-9-20)23(30)26-15-17-2-6-19(25)7-3-17/h2-9,14,16H,10-13,15H2,1H3,(H,26,30). The number of nitrogens with zero attached hydrogens (tertiary/aromatic N) is 2. The van der Waals surface area contributed by atoms with Crippen molar-refractivity contribution in [1.82, 2.24) is 10.2 Å². The molecule has 160 valence electrons. The van der Waals surface area contributed by atoms with Crippen molar-refractivity contribution in [3.8, 4) is 0 Å². The molecule has 3 amide bonds. The molecule has 0 unspecified atom stereocenters. The second kappa shape index (κ2) is 8.94. The van der Waals surface area contributed by atoms with Gasteiger partial charge in [0.2, 0.25) is 0 Å². The number of piperidine rings is 1. The van der Waals surface area contributed by atoms with E-state index in [-0.39, 0.29) is 17.7 Å². The smallest absolute Gasteiger partial charge is 0.281 e. The van der Waals surface area contributed by atoms with Crippen LogP contribution in [0.2, 0.25) is 5.02 Å². The Balaban J connectivity index is 1.39. The lowest BCUT2D eigenvalue weighted by Crippen LogP contribution is -2.38. The van der Waals surface area contributed by atoms with Gasteiger partial charge in [0.05, 0.1) is 5.69 Å². The van der Waals surface area contributed by atoms with E-state index >= 15 is 0 Å². The van der Waals surface area contributed by atoms with Crippen molar-refractivity contribution < 1.29 is 14.4 Å². The van der Waals surface area contributed by atoms with Gasteiger partial charge in [0.1, 0.15) is 5.70 Å². The molecule has 1 fully saturated rings. The number of anilines is 1. The van der Waals surface area contributed by atoms with Gasteiger partial charge in [-0.05, 0) is 60.7 Å². The topological polar surface area (TPSA) is 69.7 Å². The zero-order valence-electron chi connectivity index (χ0n) is 17.3. The number of halogens is 1. The van der Waals surface area contributed by atoms with Crippen molar-refractivity contribution >= 4 is 35.0 Å². The molecule has 1 saturated heterocycles. The van der Waals surface area contributed by atoms with E-state index in [1.54, 1.807) is 36.4 Å². The van der Waals surface area contributed by atoms with Gasteiger partial charge in [0, 0.05) is 36.3 Å². The van der Waals surface area contributed by atoms with Crippen LogP contribution in [0.5, 0.6) is 0 Å². The van der Waals surface area contributed by atoms with Crippen LogP contribution in [-0.2, 0) is 16.1 Å². The fraction of sp³-hybridized carbons (Fsp3) is 0.292. The predicted octanol–water partition coefficient (Wildman–Crippen LogP) is 3.76. The van der Waals surface area contributed by atoms with E-state index in [1.807, 2.05) is 17.0 Å². The quantitative estimate of drug-likeness (QED) is 0.723. The van der Waals surface area contributed by atoms with Crippen LogP contribution in [0.1, 0.15) is 35.7 Å². The van der Waals surface area contributed by atoms with Crippen LogP contribution in [0, 0.1) is 5.92 Å². The third-order valence-corrected chi connectivity index (χ3v) is 6.03. The summed E-state index contributed by atoms with van der Waals surface area (Å²) in [6, 6.07) is 13.7. The van der Waals surface area contributed by atoms with Crippen LogP contribution in [0.3, 0.4) is 0 Å². The van der Waals surface area contributed by atoms with E-state index in [1.165, 1.54) is 11.0 Å². The van der Waals surface area contributed by atoms with Gasteiger partial charge >= 0.3 is 0 Å². The van der Waals surface area contributed by atoms with E-state index in [0.29, 0.717) is 34.4 Å². The molecule has 0 saturated carbocycles. The minimum Gasteiger partial charge on any atom is -0.367 e. The largest absolute Gasteiger partial charge is 0.367 e. The summed E-state index contributed by atoms with van der Waals surface area (Å²) >= 11 is 5.87. The summed E-state index contributed by atoms with van der Waals surface area (Å²) < 4.78 is 0. The third-order valence-electron chi connectivity index (χ3n) is 5.78. The predicted molar refractivity (Wildman–Crippen MR) is 120 cm³/mol. The van der Waals surface area contributed by atoms with Crippen molar-refractivity contribution in [3.05, 3.63) is 76.5 Å². The van der Waals surface area contributed by atoms with Crippen molar-refractivity contribution in [2.45, 2.75) is 26.3 Å². The number of rotatable bonds is 5. The van der Waals surface area contributed by atoms with Crippen molar-refractivity contribution in [2.75, 3.05) is 18.0 Å². The minimum atomic E-state index is -0.349. The Hall–Kier alpha value is -3.12. The highest BCUT2D eigenvalue weighted by Crippen LogP contribution is 2.27. The molecule has 2 aliphatic rings. The molecule has 0 atom stereocenters. The molecule has 1 N–H and O–H groups in total. The van der Waals surface area contributed by atoms with E-state index in [4.69, 9.17) is 11.6 Å². The molecular formula is C24H24ClN3O3. The summed E-state index contributed by atoms with van der Waals surface area (Å²) in [5, 5.41) is 3.49. The molecule has 0 aliphatic carbocycles. The fourth-order valence-electron chi connectivity index (χ4n) is 3.83. The first-order valence-corrected chi connectivity index (χ1v) is 10.8. The number of hydrogen-bond acceptors (Lipinski definition) is 4. The van der Waals surface area contributed by atoms with Crippen LogP contribution in [-0.4, -0.2) is 35.7 Å². The van der Waals surface area contributed by atoms with Gasteiger partial charge in [0.25, 0.3) is 17.7 Å². The average Bonchev–Trinajstić information content (AvgIpc) is 3.07. The summed E-state index contributed by atoms with van der Waals surface area (Å²) in [6.45, 7) is 4.15. The highest BCUT2D eigenvalue weighted by atomic mass is 35.5. The SMILES string of the molecule is CC1CCN(C2=CC(=O)N(c3ccc(C(=O)NCc4ccc(Cl)cc4)cc3)C2=O)CC1. The van der Waals surface area contributed by atoms with Gasteiger partial charge in [-0.1, -0.05) is 30.7 Å². The zero-order chi connectivity index (χ0) is 22.0. The second-order valence-corrected chi connectivity index (χ2v) is 8.47. The molecular weight excluding hydrogens is 414 g/mol. The number of nitrogens with one attached hydrogen (secondary N) is 1. The number of benzene rings is 2. The highest BCUT2D eigenvalue weighted by Gasteiger charge is 2.36. The van der Waals surface area contributed by atoms with E-state index in [9.17, 15) is 14.4 Å². The number of amides is 3. The number of carbonyl (C=O) groups excluding carboxylic acids is 3. The molecule has 0 radical (unpaired) electrons. The number of hydrogen-bond donors (Lipinski definition) is 1. The maximum absolute atomic E-state index is 12.9. The van der Waals surface area contributed by atoms with Crippen LogP contribution in [0.25, 0.3) is 0 Å². The first-order valence-electron chi connectivity index (χ1n) is 10.4. The first-order chi connectivity index (χ1) is 14.9. The number of carbonyl (C=O) groups is 3. The van der Waals surface area contributed by atoms with Crippen LogP contribution < -0.4 is 10.2 Å². The monoisotopic (exact) mass is 437 g/mol. The Morgan fingerprint density at radius 1 is 1.03 bits per heavy atom. The van der Waals surface area contributed by atoms with Crippen molar-refractivity contribution in [3.63, 3.8) is 0 Å². The molecule has 4 rings (SSSR count). The Morgan fingerprint density at radius 3 is 2.32 bits per heavy atom. The Kier molecular flexibility index (Phi) is 6.09. The van der Waals surface area contributed by atoms with Gasteiger partial charge in [-0.3, -0.25) is 14.4 Å². The average molecular weight is 438 g/mol. The Bertz CT molecular complexity index is 1020. The molecule has 0 aromatic heterocycles. The molecule has 2 aromatic rings. The van der Waals surface area contributed by atoms with Gasteiger partial charge in [-0.2, -0.15) is 0 Å². The summed E-state index contributed by atoms with van der Waals surface area (Å²) in [4.78, 5) is 41.0. The highest BCUT2D eigenvalue weighted by molar-refractivity contribution is 6.30. The fourth-order valence-corrected chi connectivity index (χ4v) is 3.95. The molecule has 2 aliphatic heterocycles. The van der Waals surface area contributed by atoms with Gasteiger partial charge in [-0.25, -0.2) is 4.90 Å². The lowest BCUT2D eigenvalue weighted by molar-refractivity contribution is -0.121.